The summed E-state index contributed by atoms with van der Waals surface area (Å²) in [5.74, 6) is 0.233. The number of hydrogen-bond acceptors (Lipinski definition) is 6. The van der Waals surface area contributed by atoms with E-state index in [1.807, 2.05) is 10.8 Å². The largest absolute Gasteiger partial charge is 0.493 e. The zero-order valence-corrected chi connectivity index (χ0v) is 13.9. The number of benzene rings is 1. The molecule has 2 heterocycles. The topological polar surface area (TPSA) is 92.4 Å². The number of aromatic carboxylic acids is 1. The van der Waals surface area contributed by atoms with Gasteiger partial charge < -0.3 is 14.6 Å². The van der Waals surface area contributed by atoms with Crippen LogP contribution in [-0.2, 0) is 0 Å². The summed E-state index contributed by atoms with van der Waals surface area (Å²) >= 11 is 1.48. The summed E-state index contributed by atoms with van der Waals surface area (Å²) in [7, 11) is 1.47. The molecule has 25 heavy (non-hydrogen) atoms. The second-order valence-corrected chi connectivity index (χ2v) is 5.74. The van der Waals surface area contributed by atoms with Gasteiger partial charge in [0.1, 0.15) is 11.8 Å². The predicted molar refractivity (Wildman–Crippen MR) is 92.3 cm³/mol. The summed E-state index contributed by atoms with van der Waals surface area (Å²) < 4.78 is 11.1. The highest BCUT2D eigenvalue weighted by Gasteiger charge is 2.16. The number of rotatable bonds is 5. The number of methoxy groups -OCH3 is 1. The lowest BCUT2D eigenvalue weighted by atomic mass is 10.0. The molecule has 2 aromatic heterocycles. The first-order valence-electron chi connectivity index (χ1n) is 7.14. The maximum Gasteiger partial charge on any atom is 0.335 e. The smallest absolute Gasteiger partial charge is 0.335 e. The predicted octanol–water partition coefficient (Wildman–Crippen LogP) is 4.18. The molecule has 0 saturated heterocycles. The molecule has 0 fully saturated rings. The van der Waals surface area contributed by atoms with E-state index in [0.717, 1.165) is 0 Å². The van der Waals surface area contributed by atoms with E-state index in [4.69, 9.17) is 14.6 Å². The van der Waals surface area contributed by atoms with Gasteiger partial charge >= 0.3 is 5.97 Å². The first-order valence-corrected chi connectivity index (χ1v) is 8.08. The Kier molecular flexibility index (Phi) is 4.64. The van der Waals surface area contributed by atoms with Gasteiger partial charge in [0.05, 0.1) is 23.9 Å². The number of carboxylic acids is 1. The van der Waals surface area contributed by atoms with Crippen molar-refractivity contribution in [1.82, 2.24) is 4.98 Å². The standard InChI is InChI=1S/C18H12N2O4S/c1-23-16-8-12(15-7-11(18(21)22)2-4-20-15)6-13(9-19)17(16)24-14-3-5-25-10-14/h2-8,10H,1H3,(H,21,22). The fourth-order valence-electron chi connectivity index (χ4n) is 2.24. The number of aromatic nitrogens is 1. The molecule has 3 aromatic rings. The average molecular weight is 352 g/mol. The van der Waals surface area contributed by atoms with Crippen molar-refractivity contribution in [3.63, 3.8) is 0 Å². The van der Waals surface area contributed by atoms with Gasteiger partial charge in [-0.05, 0) is 35.7 Å². The normalized spacial score (nSPS) is 10.1. The Hall–Kier alpha value is -3.37. The minimum Gasteiger partial charge on any atom is -0.493 e. The molecule has 0 aliphatic rings. The Labute approximate surface area is 147 Å². The molecule has 6 nitrogen and oxygen atoms in total. The van der Waals surface area contributed by atoms with Crippen molar-refractivity contribution < 1.29 is 19.4 Å². The minimum absolute atomic E-state index is 0.112. The first kappa shape index (κ1) is 16.5. The van der Waals surface area contributed by atoms with Crippen molar-refractivity contribution in [2.45, 2.75) is 0 Å². The molecule has 0 bridgehead atoms. The van der Waals surface area contributed by atoms with E-state index in [0.29, 0.717) is 28.5 Å². The van der Waals surface area contributed by atoms with Crippen molar-refractivity contribution in [3.05, 3.63) is 58.4 Å². The Morgan fingerprint density at radius 3 is 2.80 bits per heavy atom. The number of thiophene rings is 1. The van der Waals surface area contributed by atoms with Gasteiger partial charge in [0.15, 0.2) is 11.5 Å². The van der Waals surface area contributed by atoms with Crippen molar-refractivity contribution in [3.8, 4) is 34.6 Å². The number of ether oxygens (including phenoxy) is 2. The van der Waals surface area contributed by atoms with Crippen LogP contribution >= 0.6 is 11.3 Å². The molecule has 0 unspecified atom stereocenters. The highest BCUT2D eigenvalue weighted by Crippen LogP contribution is 2.39. The number of carboxylic acid groups (broad SMARTS) is 1. The van der Waals surface area contributed by atoms with Crippen LogP contribution in [-0.4, -0.2) is 23.2 Å². The van der Waals surface area contributed by atoms with E-state index in [1.165, 1.54) is 36.8 Å². The van der Waals surface area contributed by atoms with Gasteiger partial charge in [-0.2, -0.15) is 5.26 Å². The lowest BCUT2D eigenvalue weighted by molar-refractivity contribution is 0.0697. The fourth-order valence-corrected chi connectivity index (χ4v) is 2.79. The molecule has 1 aromatic carbocycles. The third kappa shape index (κ3) is 3.44. The van der Waals surface area contributed by atoms with E-state index in [-0.39, 0.29) is 11.1 Å². The third-order valence-corrected chi connectivity index (χ3v) is 4.07. The molecule has 1 N–H and O–H groups in total. The molecular weight excluding hydrogens is 340 g/mol. The second kappa shape index (κ2) is 7.03. The molecule has 0 amide bonds. The van der Waals surface area contributed by atoms with Gasteiger partial charge in [-0.25, -0.2) is 4.79 Å². The quantitative estimate of drug-likeness (QED) is 0.740. The maximum absolute atomic E-state index is 11.1. The molecule has 0 saturated carbocycles. The molecule has 0 radical (unpaired) electrons. The second-order valence-electron chi connectivity index (χ2n) is 4.96. The monoisotopic (exact) mass is 352 g/mol. The summed E-state index contributed by atoms with van der Waals surface area (Å²) in [5.41, 5.74) is 1.37. The van der Waals surface area contributed by atoms with Crippen molar-refractivity contribution >= 4 is 17.3 Å². The summed E-state index contributed by atoms with van der Waals surface area (Å²) in [4.78, 5) is 15.3. The molecule has 0 spiro atoms. The summed E-state index contributed by atoms with van der Waals surface area (Å²) in [6.07, 6.45) is 1.41. The fraction of sp³-hybridized carbons (Fsp3) is 0.0556. The highest BCUT2D eigenvalue weighted by molar-refractivity contribution is 7.08. The number of carbonyl (C=O) groups is 1. The van der Waals surface area contributed by atoms with Crippen LogP contribution in [0.3, 0.4) is 0 Å². The number of hydrogen-bond donors (Lipinski definition) is 1. The number of nitriles is 1. The van der Waals surface area contributed by atoms with Crippen LogP contribution in [0.25, 0.3) is 11.3 Å². The summed E-state index contributed by atoms with van der Waals surface area (Å²) in [6.45, 7) is 0. The minimum atomic E-state index is -1.05. The van der Waals surface area contributed by atoms with Crippen molar-refractivity contribution in [2.24, 2.45) is 0 Å². The zero-order chi connectivity index (χ0) is 17.8. The molecule has 0 atom stereocenters. The van der Waals surface area contributed by atoms with E-state index in [1.54, 1.807) is 18.2 Å². The Bertz CT molecular complexity index is 962. The third-order valence-electron chi connectivity index (χ3n) is 3.41. The van der Waals surface area contributed by atoms with Gasteiger partial charge in [0.25, 0.3) is 0 Å². The van der Waals surface area contributed by atoms with Crippen LogP contribution in [0.2, 0.25) is 0 Å². The SMILES string of the molecule is COc1cc(-c2cc(C(=O)O)ccn2)cc(C#N)c1Oc1ccsc1. The van der Waals surface area contributed by atoms with Crippen LogP contribution in [0.5, 0.6) is 17.2 Å². The van der Waals surface area contributed by atoms with E-state index >= 15 is 0 Å². The number of pyridine rings is 1. The zero-order valence-electron chi connectivity index (χ0n) is 13.1. The van der Waals surface area contributed by atoms with Gasteiger partial charge in [-0.3, -0.25) is 4.98 Å². The molecular formula is C18H12N2O4S. The van der Waals surface area contributed by atoms with Gasteiger partial charge in [-0.15, -0.1) is 11.3 Å². The molecule has 0 aliphatic carbocycles. The molecule has 7 heteroatoms. The Morgan fingerprint density at radius 1 is 1.32 bits per heavy atom. The van der Waals surface area contributed by atoms with Gasteiger partial charge in [0.2, 0.25) is 0 Å². The number of nitrogens with zero attached hydrogens (tertiary/aromatic N) is 2. The molecule has 0 aliphatic heterocycles. The van der Waals surface area contributed by atoms with Crippen LogP contribution in [0.1, 0.15) is 15.9 Å². The summed E-state index contributed by atoms with van der Waals surface area (Å²) in [6, 6.07) is 9.98. The van der Waals surface area contributed by atoms with E-state index < -0.39 is 5.97 Å². The molecule has 124 valence electrons. The molecule has 3 rings (SSSR count). The first-order chi connectivity index (χ1) is 12.1. The van der Waals surface area contributed by atoms with E-state index in [2.05, 4.69) is 11.1 Å². The van der Waals surface area contributed by atoms with E-state index in [9.17, 15) is 10.1 Å². The maximum atomic E-state index is 11.1. The van der Waals surface area contributed by atoms with Crippen molar-refractivity contribution in [1.29, 1.82) is 5.26 Å². The van der Waals surface area contributed by atoms with Gasteiger partial charge in [-0.1, -0.05) is 0 Å². The Balaban J connectivity index is 2.09. The van der Waals surface area contributed by atoms with Crippen LogP contribution in [0.4, 0.5) is 0 Å². The van der Waals surface area contributed by atoms with Crippen LogP contribution in [0, 0.1) is 11.3 Å². The van der Waals surface area contributed by atoms with Crippen LogP contribution in [0.15, 0.2) is 47.3 Å². The van der Waals surface area contributed by atoms with Gasteiger partial charge in [0, 0.05) is 17.1 Å². The van der Waals surface area contributed by atoms with Crippen molar-refractivity contribution in [2.75, 3.05) is 7.11 Å². The lowest BCUT2D eigenvalue weighted by Crippen LogP contribution is -1.98. The average Bonchev–Trinajstić information content (AvgIpc) is 3.15. The summed E-state index contributed by atoms with van der Waals surface area (Å²) in [5, 5.41) is 22.3. The highest BCUT2D eigenvalue weighted by atomic mass is 32.1. The van der Waals surface area contributed by atoms with Crippen LogP contribution < -0.4 is 9.47 Å². The Morgan fingerprint density at radius 2 is 2.16 bits per heavy atom. The lowest BCUT2D eigenvalue weighted by Gasteiger charge is -2.13.